The highest BCUT2D eigenvalue weighted by Crippen LogP contribution is 2.16. The Balaban J connectivity index is 0. The van der Waals surface area contributed by atoms with Gasteiger partial charge in [-0.25, -0.2) is 0 Å². The molecule has 0 aliphatic heterocycles. The fourth-order valence-corrected chi connectivity index (χ4v) is 1.22. The van der Waals surface area contributed by atoms with Crippen LogP contribution in [-0.4, -0.2) is 17.7 Å². The van der Waals surface area contributed by atoms with E-state index in [-0.39, 0.29) is 6.42 Å². The van der Waals surface area contributed by atoms with Gasteiger partial charge in [-0.1, -0.05) is 33.8 Å². The van der Waals surface area contributed by atoms with E-state index in [1.807, 2.05) is 59.7 Å². The molecule has 1 rings (SSSR count). The molecular formula is C16H28O3. The summed E-state index contributed by atoms with van der Waals surface area (Å²) in [7, 11) is 0. The van der Waals surface area contributed by atoms with Gasteiger partial charge in [0.25, 0.3) is 0 Å². The van der Waals surface area contributed by atoms with Crippen molar-refractivity contribution in [2.24, 2.45) is 0 Å². The van der Waals surface area contributed by atoms with Crippen LogP contribution in [0.3, 0.4) is 0 Å². The lowest BCUT2D eigenvalue weighted by Gasteiger charge is -2.07. The minimum absolute atomic E-state index is 0.158. The number of carboxylic acids is 1. The predicted octanol–water partition coefficient (Wildman–Crippen LogP) is 4.60. The van der Waals surface area contributed by atoms with Crippen molar-refractivity contribution >= 4 is 5.97 Å². The van der Waals surface area contributed by atoms with Crippen molar-refractivity contribution in [3.63, 3.8) is 0 Å². The fraction of sp³-hybridized carbons (Fsp3) is 0.562. The highest BCUT2D eigenvalue weighted by Gasteiger charge is 1.99. The standard InChI is InChI=1S/C12H16O3.2C2H6/c1-9-5-6-11(8-10(9)2)15-7-3-4-12(13)14;2*1-2/h5-6,8H,3-4,7H2,1-2H3,(H,13,14);2*1-2H3. The number of rotatable bonds is 5. The Hall–Kier alpha value is -1.51. The summed E-state index contributed by atoms with van der Waals surface area (Å²) in [4.78, 5) is 10.3. The zero-order valence-electron chi connectivity index (χ0n) is 13.1. The molecule has 0 saturated carbocycles. The third-order valence-corrected chi connectivity index (χ3v) is 2.28. The lowest BCUT2D eigenvalue weighted by atomic mass is 10.1. The van der Waals surface area contributed by atoms with Crippen LogP contribution in [0.5, 0.6) is 5.75 Å². The fourth-order valence-electron chi connectivity index (χ4n) is 1.22. The van der Waals surface area contributed by atoms with Gasteiger partial charge in [0.1, 0.15) is 5.75 Å². The number of hydrogen-bond donors (Lipinski definition) is 1. The van der Waals surface area contributed by atoms with Crippen LogP contribution in [0.2, 0.25) is 0 Å². The molecule has 0 atom stereocenters. The van der Waals surface area contributed by atoms with Gasteiger partial charge in [-0.2, -0.15) is 0 Å². The molecule has 0 bridgehead atoms. The Kier molecular flexibility index (Phi) is 13.5. The van der Waals surface area contributed by atoms with E-state index in [4.69, 9.17) is 9.84 Å². The summed E-state index contributed by atoms with van der Waals surface area (Å²) in [5.41, 5.74) is 2.42. The van der Waals surface area contributed by atoms with E-state index in [0.717, 1.165) is 5.75 Å². The average Bonchev–Trinajstić information content (AvgIpc) is 2.43. The smallest absolute Gasteiger partial charge is 0.303 e. The molecule has 1 N–H and O–H groups in total. The van der Waals surface area contributed by atoms with E-state index in [1.54, 1.807) is 0 Å². The van der Waals surface area contributed by atoms with Crippen LogP contribution in [0.1, 0.15) is 51.7 Å². The van der Waals surface area contributed by atoms with Gasteiger partial charge in [0.15, 0.2) is 0 Å². The Labute approximate surface area is 117 Å². The lowest BCUT2D eigenvalue weighted by molar-refractivity contribution is -0.137. The highest BCUT2D eigenvalue weighted by molar-refractivity contribution is 5.66. The molecule has 19 heavy (non-hydrogen) atoms. The molecule has 0 heterocycles. The van der Waals surface area contributed by atoms with Crippen LogP contribution in [0, 0.1) is 13.8 Å². The Morgan fingerprint density at radius 1 is 1.11 bits per heavy atom. The van der Waals surface area contributed by atoms with Crippen molar-refractivity contribution in [1.29, 1.82) is 0 Å². The number of hydrogen-bond acceptors (Lipinski definition) is 2. The molecule has 0 aliphatic carbocycles. The molecule has 0 aromatic heterocycles. The third kappa shape index (κ3) is 10.1. The van der Waals surface area contributed by atoms with E-state index >= 15 is 0 Å². The normalized spacial score (nSPS) is 8.53. The largest absolute Gasteiger partial charge is 0.494 e. The Morgan fingerprint density at radius 3 is 2.16 bits per heavy atom. The van der Waals surface area contributed by atoms with Crippen molar-refractivity contribution in [2.75, 3.05) is 6.61 Å². The summed E-state index contributed by atoms with van der Waals surface area (Å²) in [6, 6.07) is 5.88. The minimum Gasteiger partial charge on any atom is -0.494 e. The van der Waals surface area contributed by atoms with Crippen LogP contribution >= 0.6 is 0 Å². The van der Waals surface area contributed by atoms with Crippen molar-refractivity contribution in [3.05, 3.63) is 29.3 Å². The van der Waals surface area contributed by atoms with Crippen molar-refractivity contribution in [3.8, 4) is 5.75 Å². The quantitative estimate of drug-likeness (QED) is 0.794. The van der Waals surface area contributed by atoms with Gasteiger partial charge in [0.05, 0.1) is 6.61 Å². The van der Waals surface area contributed by atoms with E-state index in [9.17, 15) is 4.79 Å². The Bertz CT molecular complexity index is 346. The van der Waals surface area contributed by atoms with Gasteiger partial charge in [-0.05, 0) is 43.5 Å². The molecule has 0 fully saturated rings. The van der Waals surface area contributed by atoms with Gasteiger partial charge < -0.3 is 9.84 Å². The molecule has 0 radical (unpaired) electrons. The van der Waals surface area contributed by atoms with Gasteiger partial charge in [-0.3, -0.25) is 4.79 Å². The van der Waals surface area contributed by atoms with E-state index in [0.29, 0.717) is 13.0 Å². The second kappa shape index (κ2) is 12.9. The second-order valence-electron chi connectivity index (χ2n) is 3.59. The first-order chi connectivity index (χ1) is 9.09. The van der Waals surface area contributed by atoms with Crippen LogP contribution < -0.4 is 4.74 Å². The summed E-state index contributed by atoms with van der Waals surface area (Å²) in [6.07, 6.45) is 0.701. The van der Waals surface area contributed by atoms with Crippen LogP contribution in [0.15, 0.2) is 18.2 Å². The molecule has 110 valence electrons. The van der Waals surface area contributed by atoms with Crippen LogP contribution in [-0.2, 0) is 4.79 Å². The van der Waals surface area contributed by atoms with Gasteiger partial charge >= 0.3 is 5.97 Å². The number of ether oxygens (including phenoxy) is 1. The second-order valence-corrected chi connectivity index (χ2v) is 3.59. The molecule has 0 spiro atoms. The first-order valence-electron chi connectivity index (χ1n) is 7.01. The summed E-state index contributed by atoms with van der Waals surface area (Å²) >= 11 is 0. The number of benzene rings is 1. The summed E-state index contributed by atoms with van der Waals surface area (Å²) in [5, 5.41) is 8.44. The molecule has 0 saturated heterocycles. The lowest BCUT2D eigenvalue weighted by Crippen LogP contribution is -2.02. The van der Waals surface area contributed by atoms with Gasteiger partial charge in [0, 0.05) is 6.42 Å². The van der Waals surface area contributed by atoms with E-state index in [2.05, 4.69) is 0 Å². The van der Waals surface area contributed by atoms with Crippen molar-refractivity contribution in [1.82, 2.24) is 0 Å². The SMILES string of the molecule is CC.CC.Cc1ccc(OCCCC(=O)O)cc1C. The zero-order valence-corrected chi connectivity index (χ0v) is 13.1. The van der Waals surface area contributed by atoms with Crippen molar-refractivity contribution in [2.45, 2.75) is 54.4 Å². The van der Waals surface area contributed by atoms with Crippen molar-refractivity contribution < 1.29 is 14.6 Å². The first-order valence-corrected chi connectivity index (χ1v) is 7.01. The maximum absolute atomic E-state index is 10.3. The maximum atomic E-state index is 10.3. The molecule has 1 aromatic carbocycles. The zero-order chi connectivity index (χ0) is 15.3. The summed E-state index contributed by atoms with van der Waals surface area (Å²) in [5.74, 6) is 0.0298. The topological polar surface area (TPSA) is 46.5 Å². The highest BCUT2D eigenvalue weighted by atomic mass is 16.5. The average molecular weight is 268 g/mol. The summed E-state index contributed by atoms with van der Waals surface area (Å²) < 4.78 is 5.43. The van der Waals surface area contributed by atoms with Crippen LogP contribution in [0.25, 0.3) is 0 Å². The number of carboxylic acid groups (broad SMARTS) is 1. The first kappa shape index (κ1) is 19.8. The molecular weight excluding hydrogens is 240 g/mol. The number of aryl methyl sites for hydroxylation is 2. The molecule has 0 aliphatic rings. The molecule has 0 amide bonds. The predicted molar refractivity (Wildman–Crippen MR) is 81.0 cm³/mol. The molecule has 1 aromatic rings. The van der Waals surface area contributed by atoms with Crippen LogP contribution in [0.4, 0.5) is 0 Å². The van der Waals surface area contributed by atoms with E-state index in [1.165, 1.54) is 11.1 Å². The Morgan fingerprint density at radius 2 is 1.68 bits per heavy atom. The van der Waals surface area contributed by atoms with E-state index < -0.39 is 5.97 Å². The monoisotopic (exact) mass is 268 g/mol. The third-order valence-electron chi connectivity index (χ3n) is 2.28. The number of carbonyl (C=O) groups is 1. The summed E-state index contributed by atoms with van der Waals surface area (Å²) in [6.45, 7) is 12.5. The molecule has 3 nitrogen and oxygen atoms in total. The molecule has 0 unspecified atom stereocenters. The van der Waals surface area contributed by atoms with Gasteiger partial charge in [-0.15, -0.1) is 0 Å². The van der Waals surface area contributed by atoms with Gasteiger partial charge in [0.2, 0.25) is 0 Å². The minimum atomic E-state index is -0.779. The number of aliphatic carboxylic acids is 1. The molecule has 3 heteroatoms. The maximum Gasteiger partial charge on any atom is 0.303 e.